The van der Waals surface area contributed by atoms with Crippen molar-refractivity contribution < 1.29 is 27.5 Å². The Morgan fingerprint density at radius 2 is 1.66 bits per heavy atom. The Hall–Kier alpha value is -2.68. The monoisotopic (exact) mass is 464 g/mol. The van der Waals surface area contributed by atoms with E-state index in [0.717, 1.165) is 17.9 Å². The Balaban J connectivity index is 1.44. The molecule has 0 radical (unpaired) electrons. The van der Waals surface area contributed by atoms with Crippen LogP contribution in [0.1, 0.15) is 39.1 Å². The van der Waals surface area contributed by atoms with Gasteiger partial charge >= 0.3 is 6.18 Å². The highest BCUT2D eigenvalue weighted by molar-refractivity contribution is 8.00. The smallest absolute Gasteiger partial charge is 0.416 e. The number of ether oxygens (including phenoxy) is 1. The van der Waals surface area contributed by atoms with E-state index in [4.69, 9.17) is 4.74 Å². The van der Waals surface area contributed by atoms with E-state index >= 15 is 0 Å². The van der Waals surface area contributed by atoms with Crippen molar-refractivity contribution in [1.29, 1.82) is 0 Å². The summed E-state index contributed by atoms with van der Waals surface area (Å²) < 4.78 is 43.6. The number of carbonyl (C=O) groups is 2. The number of piperidine rings is 1. The van der Waals surface area contributed by atoms with E-state index in [9.17, 15) is 22.8 Å². The van der Waals surface area contributed by atoms with Crippen molar-refractivity contribution in [3.05, 3.63) is 65.2 Å². The van der Waals surface area contributed by atoms with Gasteiger partial charge in [0, 0.05) is 36.5 Å². The first-order chi connectivity index (χ1) is 15.2. The van der Waals surface area contributed by atoms with Crippen molar-refractivity contribution in [3.8, 4) is 5.75 Å². The Labute approximate surface area is 188 Å². The Morgan fingerprint density at radius 1 is 0.969 bits per heavy atom. The number of halogens is 3. The van der Waals surface area contributed by atoms with Crippen molar-refractivity contribution in [3.63, 3.8) is 0 Å². The SMILES string of the molecule is COc1cccc(C(=O)N2CCSC23CCN(C(=O)c2ccc(C(F)(F)F)cc2)CC3)c1. The average Bonchev–Trinajstić information content (AvgIpc) is 3.21. The molecule has 5 nitrogen and oxygen atoms in total. The fourth-order valence-electron chi connectivity index (χ4n) is 4.26. The van der Waals surface area contributed by atoms with Gasteiger partial charge in [-0.1, -0.05) is 6.07 Å². The van der Waals surface area contributed by atoms with Crippen LogP contribution in [0.3, 0.4) is 0 Å². The molecule has 0 aromatic heterocycles. The lowest BCUT2D eigenvalue weighted by Crippen LogP contribution is -2.53. The molecule has 170 valence electrons. The van der Waals surface area contributed by atoms with Crippen molar-refractivity contribution in [1.82, 2.24) is 9.80 Å². The quantitative estimate of drug-likeness (QED) is 0.670. The van der Waals surface area contributed by atoms with Gasteiger partial charge in [0.05, 0.1) is 17.5 Å². The molecule has 2 amide bonds. The number of methoxy groups -OCH3 is 1. The average molecular weight is 465 g/mol. The van der Waals surface area contributed by atoms with Crippen LogP contribution in [-0.2, 0) is 6.18 Å². The molecule has 2 saturated heterocycles. The minimum Gasteiger partial charge on any atom is -0.497 e. The lowest BCUT2D eigenvalue weighted by molar-refractivity contribution is -0.137. The van der Waals surface area contributed by atoms with Crippen LogP contribution < -0.4 is 4.74 Å². The van der Waals surface area contributed by atoms with Crippen molar-refractivity contribution >= 4 is 23.6 Å². The van der Waals surface area contributed by atoms with Gasteiger partial charge in [-0.2, -0.15) is 13.2 Å². The highest BCUT2D eigenvalue weighted by atomic mass is 32.2. The van der Waals surface area contributed by atoms with E-state index in [2.05, 4.69) is 0 Å². The van der Waals surface area contributed by atoms with Crippen LogP contribution >= 0.6 is 11.8 Å². The molecular weight excluding hydrogens is 441 g/mol. The highest BCUT2D eigenvalue weighted by Crippen LogP contribution is 2.45. The van der Waals surface area contributed by atoms with Gasteiger partial charge in [0.1, 0.15) is 5.75 Å². The first-order valence-electron chi connectivity index (χ1n) is 10.3. The maximum absolute atomic E-state index is 13.2. The summed E-state index contributed by atoms with van der Waals surface area (Å²) in [5, 5.41) is 0. The van der Waals surface area contributed by atoms with Crippen LogP contribution in [0, 0.1) is 0 Å². The first kappa shape index (κ1) is 22.5. The van der Waals surface area contributed by atoms with Gasteiger partial charge in [-0.15, -0.1) is 11.8 Å². The zero-order valence-electron chi connectivity index (χ0n) is 17.5. The van der Waals surface area contributed by atoms with Gasteiger partial charge in [0.15, 0.2) is 0 Å². The predicted molar refractivity (Wildman–Crippen MR) is 116 cm³/mol. The molecular formula is C23H23F3N2O3S. The third-order valence-electron chi connectivity index (χ3n) is 6.03. The maximum Gasteiger partial charge on any atom is 0.416 e. The molecule has 2 fully saturated rings. The molecule has 2 aliphatic rings. The zero-order valence-corrected chi connectivity index (χ0v) is 18.3. The molecule has 2 aliphatic heterocycles. The lowest BCUT2D eigenvalue weighted by Gasteiger charge is -2.44. The van der Waals surface area contributed by atoms with Gasteiger partial charge in [-0.3, -0.25) is 9.59 Å². The van der Waals surface area contributed by atoms with E-state index in [0.29, 0.717) is 43.8 Å². The fourth-order valence-corrected chi connectivity index (χ4v) is 5.72. The molecule has 1 spiro atoms. The van der Waals surface area contributed by atoms with Crippen LogP contribution in [0.15, 0.2) is 48.5 Å². The molecule has 0 unspecified atom stereocenters. The summed E-state index contributed by atoms with van der Waals surface area (Å²) in [5.74, 6) is 1.09. The van der Waals surface area contributed by atoms with Crippen LogP contribution in [0.2, 0.25) is 0 Å². The van der Waals surface area contributed by atoms with E-state index < -0.39 is 11.7 Å². The first-order valence-corrected chi connectivity index (χ1v) is 11.3. The number of thioether (sulfide) groups is 1. The third-order valence-corrected chi connectivity index (χ3v) is 7.58. The minimum absolute atomic E-state index is 0.0589. The van der Waals surface area contributed by atoms with E-state index in [1.165, 1.54) is 12.1 Å². The second-order valence-electron chi connectivity index (χ2n) is 7.85. The molecule has 9 heteroatoms. The summed E-state index contributed by atoms with van der Waals surface area (Å²) >= 11 is 1.73. The number of benzene rings is 2. The molecule has 0 saturated carbocycles. The molecule has 32 heavy (non-hydrogen) atoms. The highest BCUT2D eigenvalue weighted by Gasteiger charge is 2.47. The summed E-state index contributed by atoms with van der Waals surface area (Å²) in [6.07, 6.45) is -3.21. The third kappa shape index (κ3) is 4.30. The predicted octanol–water partition coefficient (Wildman–Crippen LogP) is 4.54. The number of carbonyl (C=O) groups excluding carboxylic acids is 2. The topological polar surface area (TPSA) is 49.9 Å². The van der Waals surface area contributed by atoms with E-state index in [1.54, 1.807) is 48.0 Å². The zero-order chi connectivity index (χ0) is 22.9. The molecule has 0 atom stereocenters. The standard InChI is InChI=1S/C23H23F3N2O3S/c1-31-19-4-2-3-17(15-19)21(30)28-13-14-32-22(28)9-11-27(12-10-22)20(29)16-5-7-18(8-6-16)23(24,25)26/h2-8,15H,9-14H2,1H3. The summed E-state index contributed by atoms with van der Waals surface area (Å²) in [6, 6.07) is 11.4. The second kappa shape index (κ2) is 8.69. The molecule has 2 aromatic carbocycles. The van der Waals surface area contributed by atoms with Crippen molar-refractivity contribution in [2.75, 3.05) is 32.5 Å². The Kier molecular flexibility index (Phi) is 6.11. The lowest BCUT2D eigenvalue weighted by atomic mass is 9.99. The number of hydrogen-bond acceptors (Lipinski definition) is 4. The molecule has 2 aromatic rings. The van der Waals surface area contributed by atoms with Crippen LogP contribution in [0.5, 0.6) is 5.75 Å². The van der Waals surface area contributed by atoms with Crippen LogP contribution in [-0.4, -0.2) is 59.0 Å². The molecule has 4 rings (SSSR count). The normalized spacial score (nSPS) is 18.1. The summed E-state index contributed by atoms with van der Waals surface area (Å²) in [6.45, 7) is 1.51. The molecule has 0 aliphatic carbocycles. The summed E-state index contributed by atoms with van der Waals surface area (Å²) in [5.41, 5.74) is 0.0209. The fraction of sp³-hybridized carbons (Fsp3) is 0.391. The van der Waals surface area contributed by atoms with E-state index in [1.807, 2.05) is 4.90 Å². The van der Waals surface area contributed by atoms with Gasteiger partial charge in [-0.25, -0.2) is 0 Å². The van der Waals surface area contributed by atoms with Gasteiger partial charge in [0.2, 0.25) is 0 Å². The number of hydrogen-bond donors (Lipinski definition) is 0. The van der Waals surface area contributed by atoms with Gasteiger partial charge in [0.25, 0.3) is 11.8 Å². The van der Waals surface area contributed by atoms with Gasteiger partial charge in [-0.05, 0) is 55.3 Å². The Morgan fingerprint density at radius 3 is 2.28 bits per heavy atom. The molecule has 0 N–H and O–H groups in total. The second-order valence-corrected chi connectivity index (χ2v) is 9.31. The molecule has 2 heterocycles. The number of nitrogens with zero attached hydrogens (tertiary/aromatic N) is 2. The van der Waals surface area contributed by atoms with E-state index in [-0.39, 0.29) is 22.2 Å². The summed E-state index contributed by atoms with van der Waals surface area (Å²) in [7, 11) is 1.56. The number of rotatable bonds is 3. The summed E-state index contributed by atoms with van der Waals surface area (Å²) in [4.78, 5) is 29.2. The van der Waals surface area contributed by atoms with Crippen LogP contribution in [0.25, 0.3) is 0 Å². The minimum atomic E-state index is -4.43. The number of amides is 2. The number of alkyl halides is 3. The molecule has 0 bridgehead atoms. The van der Waals surface area contributed by atoms with Crippen molar-refractivity contribution in [2.24, 2.45) is 0 Å². The largest absolute Gasteiger partial charge is 0.497 e. The van der Waals surface area contributed by atoms with Gasteiger partial charge < -0.3 is 14.5 Å². The van der Waals surface area contributed by atoms with Crippen LogP contribution in [0.4, 0.5) is 13.2 Å². The maximum atomic E-state index is 13.2. The number of likely N-dealkylation sites (tertiary alicyclic amines) is 1. The Bertz CT molecular complexity index is 1000. The van der Waals surface area contributed by atoms with Crippen molar-refractivity contribution in [2.45, 2.75) is 23.9 Å².